The maximum atomic E-state index is 14.0. The molecule has 0 radical (unpaired) electrons. The third-order valence-electron chi connectivity index (χ3n) is 4.81. The van der Waals surface area contributed by atoms with Crippen LogP contribution in [0.15, 0.2) is 47.0 Å². The molecule has 150 valence electrons. The molecule has 2 aromatic carbocycles. The van der Waals surface area contributed by atoms with Crippen molar-refractivity contribution in [2.75, 3.05) is 6.61 Å². The van der Waals surface area contributed by atoms with Crippen molar-refractivity contribution >= 4 is 5.91 Å². The van der Waals surface area contributed by atoms with Crippen molar-refractivity contribution in [2.45, 2.75) is 32.4 Å². The number of aromatic nitrogens is 2. The van der Waals surface area contributed by atoms with Gasteiger partial charge in [-0.1, -0.05) is 17.3 Å². The molecule has 6 nitrogen and oxygen atoms in total. The first kappa shape index (κ1) is 19.0. The van der Waals surface area contributed by atoms with Gasteiger partial charge in [0.2, 0.25) is 17.6 Å². The number of hydrogen-bond donors (Lipinski definition) is 0. The van der Waals surface area contributed by atoms with E-state index in [4.69, 9.17) is 9.26 Å². The molecule has 1 aliphatic rings. The minimum atomic E-state index is -0.566. The number of halogens is 2. The highest BCUT2D eigenvalue weighted by Crippen LogP contribution is 2.34. The second-order valence-electron chi connectivity index (χ2n) is 6.73. The van der Waals surface area contributed by atoms with Crippen molar-refractivity contribution in [3.8, 4) is 17.1 Å². The highest BCUT2D eigenvalue weighted by Gasteiger charge is 2.36. The van der Waals surface area contributed by atoms with Gasteiger partial charge in [0.15, 0.2) is 0 Å². The first-order valence-electron chi connectivity index (χ1n) is 9.35. The first-order chi connectivity index (χ1) is 14.0. The van der Waals surface area contributed by atoms with E-state index in [1.165, 1.54) is 4.90 Å². The summed E-state index contributed by atoms with van der Waals surface area (Å²) in [4.78, 5) is 18.2. The first-order valence-corrected chi connectivity index (χ1v) is 9.35. The van der Waals surface area contributed by atoms with Gasteiger partial charge in [-0.15, -0.1) is 0 Å². The van der Waals surface area contributed by atoms with Crippen LogP contribution in [-0.2, 0) is 11.3 Å². The summed E-state index contributed by atoms with van der Waals surface area (Å²) < 4.78 is 38.4. The quantitative estimate of drug-likeness (QED) is 0.619. The molecule has 0 spiro atoms. The Hall–Kier alpha value is -3.29. The zero-order chi connectivity index (χ0) is 20.4. The minimum Gasteiger partial charge on any atom is -0.494 e. The summed E-state index contributed by atoms with van der Waals surface area (Å²) in [6.45, 7) is 2.37. The Morgan fingerprint density at radius 1 is 1.24 bits per heavy atom. The molecule has 1 atom stereocenters. The van der Waals surface area contributed by atoms with E-state index < -0.39 is 17.7 Å². The molecule has 4 rings (SSSR count). The number of benzene rings is 2. The lowest BCUT2D eigenvalue weighted by molar-refractivity contribution is -0.130. The third kappa shape index (κ3) is 3.96. The fourth-order valence-electron chi connectivity index (χ4n) is 3.42. The summed E-state index contributed by atoms with van der Waals surface area (Å²) >= 11 is 0. The number of carbonyl (C=O) groups is 1. The SMILES string of the molecule is CCOc1cccc(-c2noc(C3CCC(=O)N3Cc3cc(F)ccc3F)n2)c1. The fourth-order valence-corrected chi connectivity index (χ4v) is 3.42. The van der Waals surface area contributed by atoms with Crippen LogP contribution in [0, 0.1) is 11.6 Å². The molecular weight excluding hydrogens is 380 g/mol. The van der Waals surface area contributed by atoms with E-state index in [9.17, 15) is 13.6 Å². The summed E-state index contributed by atoms with van der Waals surface area (Å²) in [5.41, 5.74) is 0.826. The van der Waals surface area contributed by atoms with E-state index in [-0.39, 0.29) is 30.3 Å². The average molecular weight is 399 g/mol. The highest BCUT2D eigenvalue weighted by molar-refractivity contribution is 5.78. The van der Waals surface area contributed by atoms with Crippen LogP contribution in [0.1, 0.15) is 37.3 Å². The van der Waals surface area contributed by atoms with Gasteiger partial charge in [0.05, 0.1) is 6.61 Å². The number of nitrogens with zero attached hydrogens (tertiary/aromatic N) is 3. The Bertz CT molecular complexity index is 1040. The van der Waals surface area contributed by atoms with Crippen LogP contribution in [0.2, 0.25) is 0 Å². The Labute approximate surface area is 166 Å². The standard InChI is InChI=1S/C21H19F2N3O3/c1-2-28-16-5-3-4-13(11-16)20-24-21(29-25-20)18-8-9-19(27)26(18)12-14-10-15(22)6-7-17(14)23/h3-7,10-11,18H,2,8-9,12H2,1H3. The van der Waals surface area contributed by atoms with Gasteiger partial charge in [-0.2, -0.15) is 4.98 Å². The van der Waals surface area contributed by atoms with Gasteiger partial charge in [0.1, 0.15) is 23.4 Å². The molecule has 0 aliphatic carbocycles. The average Bonchev–Trinajstić information content (AvgIpc) is 3.33. The van der Waals surface area contributed by atoms with Gasteiger partial charge in [-0.3, -0.25) is 4.79 Å². The van der Waals surface area contributed by atoms with Crippen molar-refractivity contribution in [3.05, 3.63) is 65.6 Å². The summed E-state index contributed by atoms with van der Waals surface area (Å²) in [5, 5.41) is 4.02. The van der Waals surface area contributed by atoms with Gasteiger partial charge >= 0.3 is 0 Å². The smallest absolute Gasteiger partial charge is 0.249 e. The van der Waals surface area contributed by atoms with Crippen molar-refractivity contribution in [1.82, 2.24) is 15.0 Å². The van der Waals surface area contributed by atoms with Crippen LogP contribution < -0.4 is 4.74 Å². The monoisotopic (exact) mass is 399 g/mol. The molecule has 3 aromatic rings. The number of ether oxygens (including phenoxy) is 1. The lowest BCUT2D eigenvalue weighted by Crippen LogP contribution is -2.27. The van der Waals surface area contributed by atoms with Gasteiger partial charge in [-0.25, -0.2) is 8.78 Å². The largest absolute Gasteiger partial charge is 0.494 e. The summed E-state index contributed by atoms with van der Waals surface area (Å²) in [6.07, 6.45) is 0.746. The zero-order valence-corrected chi connectivity index (χ0v) is 15.8. The van der Waals surface area contributed by atoms with Crippen LogP contribution in [0.25, 0.3) is 11.4 Å². The number of carbonyl (C=O) groups excluding carboxylic acids is 1. The van der Waals surface area contributed by atoms with Crippen LogP contribution in [0.4, 0.5) is 8.78 Å². The Morgan fingerprint density at radius 3 is 2.93 bits per heavy atom. The predicted octanol–water partition coefficient (Wildman–Crippen LogP) is 4.28. The molecule has 1 saturated heterocycles. The molecule has 2 heterocycles. The fraction of sp³-hybridized carbons (Fsp3) is 0.286. The third-order valence-corrected chi connectivity index (χ3v) is 4.81. The Kier molecular flexibility index (Phi) is 5.24. The summed E-state index contributed by atoms with van der Waals surface area (Å²) in [7, 11) is 0. The van der Waals surface area contributed by atoms with Crippen LogP contribution >= 0.6 is 0 Å². The van der Waals surface area contributed by atoms with E-state index in [1.807, 2.05) is 25.1 Å². The Morgan fingerprint density at radius 2 is 2.10 bits per heavy atom. The van der Waals surface area contributed by atoms with E-state index in [1.54, 1.807) is 6.07 Å². The second kappa shape index (κ2) is 7.98. The molecule has 1 amide bonds. The molecular formula is C21H19F2N3O3. The van der Waals surface area contributed by atoms with Crippen molar-refractivity contribution in [1.29, 1.82) is 0 Å². The molecule has 0 N–H and O–H groups in total. The van der Waals surface area contributed by atoms with E-state index >= 15 is 0 Å². The Balaban J connectivity index is 1.58. The number of likely N-dealkylation sites (tertiary alicyclic amines) is 1. The van der Waals surface area contributed by atoms with Crippen molar-refractivity contribution in [2.24, 2.45) is 0 Å². The molecule has 1 aliphatic heterocycles. The summed E-state index contributed by atoms with van der Waals surface area (Å²) in [6, 6.07) is 10.00. The number of hydrogen-bond acceptors (Lipinski definition) is 5. The lowest BCUT2D eigenvalue weighted by Gasteiger charge is -2.22. The lowest BCUT2D eigenvalue weighted by atomic mass is 10.1. The maximum absolute atomic E-state index is 14.0. The molecule has 1 aromatic heterocycles. The number of amides is 1. The molecule has 8 heteroatoms. The summed E-state index contributed by atoms with van der Waals surface area (Å²) in [5.74, 6) is 0.0391. The van der Waals surface area contributed by atoms with Gasteiger partial charge in [0.25, 0.3) is 0 Å². The van der Waals surface area contributed by atoms with Crippen molar-refractivity contribution < 1.29 is 22.8 Å². The van der Waals surface area contributed by atoms with Crippen molar-refractivity contribution in [3.63, 3.8) is 0 Å². The van der Waals surface area contributed by atoms with Gasteiger partial charge < -0.3 is 14.2 Å². The molecule has 1 unspecified atom stereocenters. The molecule has 29 heavy (non-hydrogen) atoms. The van der Waals surface area contributed by atoms with Crippen LogP contribution in [-0.4, -0.2) is 27.6 Å². The predicted molar refractivity (Wildman–Crippen MR) is 99.8 cm³/mol. The van der Waals surface area contributed by atoms with E-state index in [0.29, 0.717) is 24.6 Å². The molecule has 1 fully saturated rings. The molecule has 0 saturated carbocycles. The zero-order valence-electron chi connectivity index (χ0n) is 15.8. The number of rotatable bonds is 6. The highest BCUT2D eigenvalue weighted by atomic mass is 19.1. The normalized spacial score (nSPS) is 16.4. The van der Waals surface area contributed by atoms with Gasteiger partial charge in [0, 0.05) is 24.1 Å². The van der Waals surface area contributed by atoms with Gasteiger partial charge in [-0.05, 0) is 43.7 Å². The van der Waals surface area contributed by atoms with E-state index in [0.717, 1.165) is 23.8 Å². The van der Waals surface area contributed by atoms with Crippen LogP contribution in [0.5, 0.6) is 5.75 Å². The van der Waals surface area contributed by atoms with Crippen LogP contribution in [0.3, 0.4) is 0 Å². The van der Waals surface area contributed by atoms with E-state index in [2.05, 4.69) is 10.1 Å². The topological polar surface area (TPSA) is 68.5 Å². The maximum Gasteiger partial charge on any atom is 0.249 e. The second-order valence-corrected chi connectivity index (χ2v) is 6.73. The minimum absolute atomic E-state index is 0.0648. The molecule has 0 bridgehead atoms.